The second-order valence-electron chi connectivity index (χ2n) is 12.0. The molecule has 4 N–H and O–H groups in total. The molecule has 3 aromatic rings. The van der Waals surface area contributed by atoms with E-state index >= 15 is 0 Å². The average Bonchev–Trinajstić information content (AvgIpc) is 3.00. The number of carbonyl (C=O) groups is 3. The van der Waals surface area contributed by atoms with E-state index in [0.29, 0.717) is 6.42 Å². The minimum Gasteiger partial charge on any atom is -0.444 e. The summed E-state index contributed by atoms with van der Waals surface area (Å²) in [6.07, 6.45) is 3.90. The van der Waals surface area contributed by atoms with E-state index in [1.54, 1.807) is 27.0 Å². The van der Waals surface area contributed by atoms with Gasteiger partial charge in [-0.3, -0.25) is 25.2 Å². The summed E-state index contributed by atoms with van der Waals surface area (Å²) >= 11 is 0. The number of pyridine rings is 1. The minimum atomic E-state index is -1.48. The third kappa shape index (κ3) is 10.6. The van der Waals surface area contributed by atoms with Gasteiger partial charge in [-0.25, -0.2) is 4.79 Å². The molecule has 1 unspecified atom stereocenters. The summed E-state index contributed by atoms with van der Waals surface area (Å²) in [7, 11) is 0. The smallest absolute Gasteiger partial charge is 0.407 e. The number of nitrogens with one attached hydrogen (secondary N) is 3. The number of aliphatic hydroxyl groups excluding tert-OH is 1. The maximum absolute atomic E-state index is 14.2. The van der Waals surface area contributed by atoms with Crippen LogP contribution in [0, 0.1) is 5.92 Å². The first-order valence-corrected chi connectivity index (χ1v) is 15.3. The first-order chi connectivity index (χ1) is 21.1. The van der Waals surface area contributed by atoms with Crippen LogP contribution in [0.3, 0.4) is 0 Å². The quantitative estimate of drug-likeness (QED) is 0.177. The largest absolute Gasteiger partial charge is 0.444 e. The number of hydrogen-bond donors (Lipinski definition) is 4. The highest BCUT2D eigenvalue weighted by Gasteiger charge is 2.46. The third-order valence-electron chi connectivity index (χ3n) is 7.30. The van der Waals surface area contributed by atoms with Crippen LogP contribution in [0.5, 0.6) is 0 Å². The Morgan fingerprint density at radius 3 is 2.25 bits per heavy atom. The number of amides is 3. The summed E-state index contributed by atoms with van der Waals surface area (Å²) in [5.74, 6) is -1.77. The normalized spacial score (nSPS) is 13.4. The van der Waals surface area contributed by atoms with Gasteiger partial charge < -0.3 is 15.2 Å². The lowest BCUT2D eigenvalue weighted by atomic mass is 9.77. The molecule has 2 atom stereocenters. The number of aliphatic hydroxyl groups is 1. The van der Waals surface area contributed by atoms with Crippen molar-refractivity contribution in [2.24, 2.45) is 5.92 Å². The number of benzene rings is 2. The van der Waals surface area contributed by atoms with Crippen molar-refractivity contribution in [1.82, 2.24) is 20.9 Å². The Kier molecular flexibility index (Phi) is 13.0. The van der Waals surface area contributed by atoms with Gasteiger partial charge in [0.25, 0.3) is 0 Å². The van der Waals surface area contributed by atoms with Crippen LogP contribution in [0.1, 0.15) is 64.5 Å². The molecule has 3 amide bonds. The molecule has 0 bridgehead atoms. The number of hydrogen-bond acceptors (Lipinski definition) is 7. The van der Waals surface area contributed by atoms with Gasteiger partial charge in [-0.1, -0.05) is 80.4 Å². The van der Waals surface area contributed by atoms with Gasteiger partial charge in [-0.2, -0.15) is 0 Å². The average molecular weight is 603 g/mol. The predicted molar refractivity (Wildman–Crippen MR) is 171 cm³/mol. The zero-order chi connectivity index (χ0) is 32.0. The van der Waals surface area contributed by atoms with Gasteiger partial charge in [0, 0.05) is 50.2 Å². The van der Waals surface area contributed by atoms with Crippen LogP contribution in [0.15, 0.2) is 79.0 Å². The summed E-state index contributed by atoms with van der Waals surface area (Å²) < 4.78 is 5.41. The van der Waals surface area contributed by atoms with Crippen LogP contribution < -0.4 is 16.0 Å². The Labute approximate surface area is 260 Å². The van der Waals surface area contributed by atoms with Crippen molar-refractivity contribution in [1.29, 1.82) is 0 Å². The van der Waals surface area contributed by atoms with Crippen LogP contribution >= 0.6 is 0 Å². The number of nitrogens with zero attached hydrogens (tertiary/aromatic N) is 1. The molecule has 0 aliphatic rings. The Morgan fingerprint density at radius 1 is 0.932 bits per heavy atom. The Hall–Kier alpha value is -4.08. The van der Waals surface area contributed by atoms with Crippen LogP contribution in [-0.2, 0) is 27.3 Å². The lowest BCUT2D eigenvalue weighted by Gasteiger charge is -2.40. The Bertz CT molecular complexity index is 1340. The zero-order valence-electron chi connectivity index (χ0n) is 26.3. The number of ether oxygens (including phenoxy) is 1. The molecule has 3 rings (SSSR count). The topological polar surface area (TPSA) is 130 Å². The van der Waals surface area contributed by atoms with Gasteiger partial charge >= 0.3 is 6.09 Å². The van der Waals surface area contributed by atoms with Crippen molar-refractivity contribution in [2.75, 3.05) is 13.2 Å². The first kappa shape index (κ1) is 34.4. The van der Waals surface area contributed by atoms with Crippen molar-refractivity contribution in [3.8, 4) is 11.3 Å². The highest BCUT2D eigenvalue weighted by Crippen LogP contribution is 2.26. The molecule has 0 aliphatic carbocycles. The number of aromatic nitrogens is 1. The molecule has 0 saturated heterocycles. The molecule has 0 saturated carbocycles. The molecule has 9 nitrogen and oxygen atoms in total. The van der Waals surface area contributed by atoms with Crippen molar-refractivity contribution >= 4 is 17.9 Å². The van der Waals surface area contributed by atoms with Crippen molar-refractivity contribution < 1.29 is 24.2 Å². The fourth-order valence-electron chi connectivity index (χ4n) is 4.98. The van der Waals surface area contributed by atoms with Crippen molar-refractivity contribution in [3.05, 3.63) is 90.1 Å². The molecule has 0 fully saturated rings. The fourth-order valence-corrected chi connectivity index (χ4v) is 4.98. The minimum absolute atomic E-state index is 0.0751. The van der Waals surface area contributed by atoms with Gasteiger partial charge in [-0.15, -0.1) is 0 Å². The van der Waals surface area contributed by atoms with E-state index in [2.05, 4.69) is 20.9 Å². The third-order valence-corrected chi connectivity index (χ3v) is 7.30. The van der Waals surface area contributed by atoms with E-state index < -0.39 is 35.7 Å². The molecular weight excluding hydrogens is 556 g/mol. The van der Waals surface area contributed by atoms with Crippen molar-refractivity contribution in [3.63, 3.8) is 0 Å². The van der Waals surface area contributed by atoms with Crippen molar-refractivity contribution in [2.45, 2.75) is 77.5 Å². The Balaban J connectivity index is 1.99. The van der Waals surface area contributed by atoms with Crippen LogP contribution in [0.2, 0.25) is 0 Å². The lowest BCUT2D eigenvalue weighted by Crippen LogP contribution is -2.66. The van der Waals surface area contributed by atoms with Crippen LogP contribution in [-0.4, -0.2) is 52.3 Å². The SMILES string of the molecule is CCCCCC(=O)NC(=O)[C@](Cc1ccccc1)(NCc1ccnc(-c2ccccc2)c1)C(CO)CNC(=O)OC(C)(C)C. The summed E-state index contributed by atoms with van der Waals surface area (Å²) in [6, 6.07) is 23.0. The highest BCUT2D eigenvalue weighted by atomic mass is 16.6. The monoisotopic (exact) mass is 602 g/mol. The molecule has 2 aromatic carbocycles. The van der Waals surface area contributed by atoms with Gasteiger partial charge in [0.05, 0.1) is 5.69 Å². The van der Waals surface area contributed by atoms with Crippen LogP contribution in [0.25, 0.3) is 11.3 Å². The molecule has 1 aromatic heterocycles. The number of carbonyl (C=O) groups excluding carboxylic acids is 3. The summed E-state index contributed by atoms with van der Waals surface area (Å²) in [6.45, 7) is 7.03. The number of unbranched alkanes of at least 4 members (excludes halogenated alkanes) is 2. The van der Waals surface area contributed by atoms with Gasteiger partial charge in [0.1, 0.15) is 11.1 Å². The maximum atomic E-state index is 14.2. The maximum Gasteiger partial charge on any atom is 0.407 e. The molecular formula is C35H46N4O5. The lowest BCUT2D eigenvalue weighted by molar-refractivity contribution is -0.137. The number of imide groups is 1. The number of alkyl carbamates (subject to hydrolysis) is 1. The van der Waals surface area contributed by atoms with E-state index in [-0.39, 0.29) is 31.8 Å². The second kappa shape index (κ2) is 16.7. The Morgan fingerprint density at radius 2 is 1.61 bits per heavy atom. The highest BCUT2D eigenvalue weighted by molar-refractivity contribution is 6.00. The van der Waals surface area contributed by atoms with Gasteiger partial charge in [0.15, 0.2) is 0 Å². The number of rotatable bonds is 15. The molecule has 236 valence electrons. The predicted octanol–water partition coefficient (Wildman–Crippen LogP) is 5.18. The van der Waals surface area contributed by atoms with E-state index in [4.69, 9.17) is 4.74 Å². The summed E-state index contributed by atoms with van der Waals surface area (Å²) in [5, 5.41) is 19.5. The summed E-state index contributed by atoms with van der Waals surface area (Å²) in [4.78, 5) is 44.3. The van der Waals surface area contributed by atoms with Gasteiger partial charge in [0.2, 0.25) is 11.8 Å². The van der Waals surface area contributed by atoms with E-state index in [1.807, 2.05) is 79.7 Å². The van der Waals surface area contributed by atoms with E-state index in [9.17, 15) is 19.5 Å². The fraction of sp³-hybridized carbons (Fsp3) is 0.429. The van der Waals surface area contributed by atoms with Crippen LogP contribution in [0.4, 0.5) is 4.79 Å². The first-order valence-electron chi connectivity index (χ1n) is 15.3. The molecule has 0 radical (unpaired) electrons. The van der Waals surface area contributed by atoms with E-state index in [1.165, 1.54) is 0 Å². The molecule has 1 heterocycles. The molecule has 0 aliphatic heterocycles. The molecule has 9 heteroatoms. The molecule has 44 heavy (non-hydrogen) atoms. The molecule has 0 spiro atoms. The standard InChI is InChI=1S/C35H46N4O5/c1-5-6-9-18-31(41)39-32(42)35(22-26-14-10-7-11-15-26,29(25-40)24-37-33(43)44-34(2,3)4)38-23-27-19-20-36-30(21-27)28-16-12-8-13-17-28/h7-8,10-17,19-21,29,38,40H,5-6,9,18,22-25H2,1-4H3,(H,37,43)(H,39,41,42)/t29?,35-/m1/s1. The zero-order valence-corrected chi connectivity index (χ0v) is 26.3. The second-order valence-corrected chi connectivity index (χ2v) is 12.0. The summed E-state index contributed by atoms with van der Waals surface area (Å²) in [5.41, 5.74) is 1.20. The van der Waals surface area contributed by atoms with E-state index in [0.717, 1.165) is 35.2 Å². The van der Waals surface area contributed by atoms with Gasteiger partial charge in [-0.05, 0) is 50.5 Å².